The number of aromatic nitrogens is 3. The Labute approximate surface area is 271 Å². The molecule has 0 amide bonds. The van der Waals surface area contributed by atoms with Crippen molar-refractivity contribution in [3.8, 4) is 0 Å². The van der Waals surface area contributed by atoms with Gasteiger partial charge in [0.15, 0.2) is 0 Å². The van der Waals surface area contributed by atoms with Crippen molar-refractivity contribution < 1.29 is 14.3 Å². The average Bonchev–Trinajstić information content (AvgIpc) is 3.78. The Morgan fingerprint density at radius 2 is 1.85 bits per heavy atom. The van der Waals surface area contributed by atoms with Crippen molar-refractivity contribution in [1.29, 1.82) is 0 Å². The number of hydrogen-bond acceptors (Lipinski definition) is 7. The van der Waals surface area contributed by atoms with Crippen molar-refractivity contribution in [3.05, 3.63) is 96.2 Å². The summed E-state index contributed by atoms with van der Waals surface area (Å²) in [6.45, 7) is 7.62. The van der Waals surface area contributed by atoms with Crippen LogP contribution in [0.15, 0.2) is 57.0 Å². The number of halogens is 1. The maximum atomic E-state index is 15.1. The number of aromatic amines is 1. The summed E-state index contributed by atoms with van der Waals surface area (Å²) in [7, 11) is 0. The van der Waals surface area contributed by atoms with Crippen LogP contribution in [0, 0.1) is 18.7 Å². The van der Waals surface area contributed by atoms with Gasteiger partial charge in [0.2, 0.25) is 5.43 Å². The normalized spacial score (nSPS) is 16.5. The Morgan fingerprint density at radius 1 is 1.06 bits per heavy atom. The van der Waals surface area contributed by atoms with Crippen LogP contribution in [-0.2, 0) is 13.0 Å². The predicted molar refractivity (Wildman–Crippen MR) is 181 cm³/mol. The Balaban J connectivity index is 0.996. The van der Waals surface area contributed by atoms with Crippen LogP contribution < -0.4 is 27.3 Å². The molecule has 1 aliphatic carbocycles. The Hall–Kier alpha value is -4.71. The van der Waals surface area contributed by atoms with E-state index in [0.29, 0.717) is 42.5 Å². The number of anilines is 3. The van der Waals surface area contributed by atoms with Gasteiger partial charge in [0.1, 0.15) is 17.2 Å². The molecule has 1 aliphatic heterocycles. The largest absolute Gasteiger partial charge is 0.477 e. The van der Waals surface area contributed by atoms with Crippen molar-refractivity contribution in [1.82, 2.24) is 19.0 Å². The number of rotatable bonds is 13. The maximum Gasteiger partial charge on any atom is 0.341 e. The van der Waals surface area contributed by atoms with E-state index in [-0.39, 0.29) is 22.6 Å². The standard InChI is InChI=1S/C35H41FN6O5/c1-3-23-14-24(7-6-21(23)2)38-31-17-32(43)41(35(47)39-31)12-5-4-11-40-13-10-22(19-40)18-37-29-16-30-26(15-28(29)36)33(44)27(34(45)46)20-42(30)25-8-9-25/h6-7,14-17,20,22,25,37-38H,3-5,8-13,18-19H2,1-2H3,(H,39,47)(H,45,46). The number of hydrogen-bond donors (Lipinski definition) is 4. The fraction of sp³-hybridized carbons (Fsp3) is 0.429. The summed E-state index contributed by atoms with van der Waals surface area (Å²) in [6.07, 6.45) is 6.51. The molecule has 4 aromatic rings. The van der Waals surface area contributed by atoms with Crippen LogP contribution in [0.1, 0.15) is 66.6 Å². The fourth-order valence-electron chi connectivity index (χ4n) is 6.54. The number of likely N-dealkylation sites (tertiary alicyclic amines) is 1. The molecule has 1 saturated carbocycles. The summed E-state index contributed by atoms with van der Waals surface area (Å²) in [5.74, 6) is -1.22. The summed E-state index contributed by atoms with van der Waals surface area (Å²) in [4.78, 5) is 54.9. The molecule has 4 N–H and O–H groups in total. The second-order valence-corrected chi connectivity index (χ2v) is 12.8. The van der Waals surface area contributed by atoms with Gasteiger partial charge in [-0.05, 0) is 99.8 Å². The first kappa shape index (κ1) is 32.2. The van der Waals surface area contributed by atoms with Crippen molar-refractivity contribution >= 4 is 34.1 Å². The molecule has 2 aromatic carbocycles. The van der Waals surface area contributed by atoms with Crippen LogP contribution in [-0.4, -0.2) is 56.3 Å². The molecule has 1 unspecified atom stereocenters. The highest BCUT2D eigenvalue weighted by Gasteiger charge is 2.28. The van der Waals surface area contributed by atoms with Gasteiger partial charge in [0.25, 0.3) is 5.56 Å². The number of aryl methyl sites for hydroxylation is 2. The zero-order valence-corrected chi connectivity index (χ0v) is 26.8. The highest BCUT2D eigenvalue weighted by Crippen LogP contribution is 2.38. The van der Waals surface area contributed by atoms with Gasteiger partial charge in [0.05, 0.1) is 11.2 Å². The third kappa shape index (κ3) is 7.17. The average molecular weight is 645 g/mol. The van der Waals surface area contributed by atoms with E-state index in [4.69, 9.17) is 0 Å². The van der Waals surface area contributed by atoms with Crippen LogP contribution >= 0.6 is 0 Å². The van der Waals surface area contributed by atoms with Crippen LogP contribution in [0.5, 0.6) is 0 Å². The lowest BCUT2D eigenvalue weighted by Gasteiger charge is -2.18. The first-order valence-corrected chi connectivity index (χ1v) is 16.4. The Morgan fingerprint density at radius 3 is 2.57 bits per heavy atom. The number of unbranched alkanes of at least 4 members (excludes halogenated alkanes) is 1. The number of nitrogens with one attached hydrogen (secondary N) is 3. The van der Waals surface area contributed by atoms with Crippen molar-refractivity contribution in [2.45, 2.75) is 65.0 Å². The van der Waals surface area contributed by atoms with Crippen LogP contribution in [0.3, 0.4) is 0 Å². The second-order valence-electron chi connectivity index (χ2n) is 12.8. The molecule has 0 bridgehead atoms. The minimum absolute atomic E-state index is 0.0801. The lowest BCUT2D eigenvalue weighted by atomic mass is 10.1. The number of H-pyrrole nitrogens is 1. The predicted octanol–water partition coefficient (Wildman–Crippen LogP) is 4.85. The third-order valence-corrected chi connectivity index (χ3v) is 9.38. The molecule has 3 heterocycles. The molecule has 1 atom stereocenters. The number of nitrogens with zero attached hydrogens (tertiary/aromatic N) is 3. The van der Waals surface area contributed by atoms with Gasteiger partial charge in [0, 0.05) is 49.0 Å². The number of benzene rings is 2. The molecule has 0 spiro atoms. The molecule has 6 rings (SSSR count). The highest BCUT2D eigenvalue weighted by molar-refractivity contribution is 5.93. The number of carbonyl (C=O) groups is 1. The number of aromatic carboxylic acids is 1. The summed E-state index contributed by atoms with van der Waals surface area (Å²) < 4.78 is 18.1. The van der Waals surface area contributed by atoms with Crippen LogP contribution in [0.4, 0.5) is 21.6 Å². The van der Waals surface area contributed by atoms with Crippen LogP contribution in [0.25, 0.3) is 10.9 Å². The zero-order valence-electron chi connectivity index (χ0n) is 26.8. The van der Waals surface area contributed by atoms with Crippen molar-refractivity contribution in [2.24, 2.45) is 5.92 Å². The molecule has 2 aromatic heterocycles. The van der Waals surface area contributed by atoms with Gasteiger partial charge >= 0.3 is 11.7 Å². The summed E-state index contributed by atoms with van der Waals surface area (Å²) in [5.41, 5.74) is 2.26. The minimum atomic E-state index is -1.31. The Bertz CT molecular complexity index is 1960. The second kappa shape index (κ2) is 13.6. The molecule has 248 valence electrons. The van der Waals surface area contributed by atoms with Gasteiger partial charge in [-0.1, -0.05) is 13.0 Å². The number of pyridine rings is 1. The van der Waals surface area contributed by atoms with Crippen LogP contribution in [0.2, 0.25) is 0 Å². The van der Waals surface area contributed by atoms with E-state index in [9.17, 15) is 24.3 Å². The van der Waals surface area contributed by atoms with Gasteiger partial charge in [-0.2, -0.15) is 0 Å². The lowest BCUT2D eigenvalue weighted by molar-refractivity contribution is 0.0695. The SMILES string of the molecule is CCc1cc(Nc2cc(=O)n(CCCCN3CCC(CNc4cc5c(cc4F)c(=O)c(C(=O)O)cn5C4CC4)C3)c(=O)[nH]2)ccc1C. The molecule has 0 radical (unpaired) electrons. The van der Waals surface area contributed by atoms with E-state index < -0.39 is 22.9 Å². The Kier molecular flexibility index (Phi) is 9.31. The number of carboxylic acid groups (broad SMARTS) is 1. The number of fused-ring (bicyclic) bond motifs is 1. The summed E-state index contributed by atoms with van der Waals surface area (Å²) in [6, 6.07) is 10.3. The molecule has 1 saturated heterocycles. The van der Waals surface area contributed by atoms with Crippen molar-refractivity contribution in [3.63, 3.8) is 0 Å². The monoisotopic (exact) mass is 644 g/mol. The molecule has 2 aliphatic rings. The lowest BCUT2D eigenvalue weighted by Crippen LogP contribution is -2.35. The van der Waals surface area contributed by atoms with Gasteiger partial charge in [-0.15, -0.1) is 0 Å². The molecule has 12 heteroatoms. The molecule has 47 heavy (non-hydrogen) atoms. The van der Waals surface area contributed by atoms with E-state index in [0.717, 1.165) is 63.5 Å². The third-order valence-electron chi connectivity index (χ3n) is 9.38. The summed E-state index contributed by atoms with van der Waals surface area (Å²) in [5, 5.41) is 15.9. The minimum Gasteiger partial charge on any atom is -0.477 e. The first-order chi connectivity index (χ1) is 22.6. The topological polar surface area (TPSA) is 141 Å². The van der Waals surface area contributed by atoms with Gasteiger partial charge < -0.3 is 25.2 Å². The number of carboxylic acids is 1. The molecule has 11 nitrogen and oxygen atoms in total. The van der Waals surface area contributed by atoms with Gasteiger partial charge in [-0.3, -0.25) is 19.1 Å². The fourth-order valence-corrected chi connectivity index (χ4v) is 6.54. The first-order valence-electron chi connectivity index (χ1n) is 16.4. The molecule has 2 fully saturated rings. The van der Waals surface area contributed by atoms with E-state index in [2.05, 4.69) is 34.4 Å². The zero-order chi connectivity index (χ0) is 33.2. The smallest absolute Gasteiger partial charge is 0.341 e. The van der Waals surface area contributed by atoms with E-state index in [1.807, 2.05) is 18.2 Å². The maximum absolute atomic E-state index is 15.1. The molecular weight excluding hydrogens is 603 g/mol. The van der Waals surface area contributed by atoms with E-state index in [1.54, 1.807) is 10.6 Å². The highest BCUT2D eigenvalue weighted by atomic mass is 19.1. The van der Waals surface area contributed by atoms with E-state index in [1.165, 1.54) is 28.0 Å². The molecular formula is C35H41FN6O5. The van der Waals surface area contributed by atoms with E-state index >= 15 is 4.39 Å². The summed E-state index contributed by atoms with van der Waals surface area (Å²) >= 11 is 0. The van der Waals surface area contributed by atoms with Gasteiger partial charge in [-0.25, -0.2) is 14.0 Å². The quantitative estimate of drug-likeness (QED) is 0.151. The van der Waals surface area contributed by atoms with Crippen molar-refractivity contribution in [2.75, 3.05) is 36.8 Å².